The maximum atomic E-state index is 10.4. The van der Waals surface area contributed by atoms with Crippen LogP contribution in [0.4, 0.5) is 0 Å². The lowest BCUT2D eigenvalue weighted by Gasteiger charge is -2.30. The first-order valence-corrected chi connectivity index (χ1v) is 10.7. The Morgan fingerprint density at radius 1 is 0.926 bits per heavy atom. The van der Waals surface area contributed by atoms with Gasteiger partial charge in [0.05, 0.1) is 0 Å². The molecule has 1 atom stereocenters. The molecule has 0 aromatic heterocycles. The molecule has 2 heterocycles. The van der Waals surface area contributed by atoms with Crippen molar-refractivity contribution in [1.82, 2.24) is 0 Å². The van der Waals surface area contributed by atoms with Crippen LogP contribution in [0.3, 0.4) is 0 Å². The van der Waals surface area contributed by atoms with Gasteiger partial charge in [-0.1, -0.05) is 18.2 Å². The standard InChI is InChI=1S/C21H26N2O3S/c24-18(15-27-19-4-2-1-3-5-19)14-23-10-8-22(9-11-23)13-17-6-7-20-21(12-17)26-16-25-20/h1-7,12,18,24H,8-11,13-16H2/p+2/t18-/m1/s1. The molecule has 6 heteroatoms. The van der Waals surface area contributed by atoms with E-state index in [1.165, 1.54) is 15.4 Å². The Balaban J connectivity index is 1.18. The normalized spacial score (nSPS) is 22.6. The molecule has 2 aromatic carbocycles. The molecule has 144 valence electrons. The highest BCUT2D eigenvalue weighted by molar-refractivity contribution is 7.99. The highest BCUT2D eigenvalue weighted by Gasteiger charge is 2.25. The predicted molar refractivity (Wildman–Crippen MR) is 106 cm³/mol. The zero-order valence-electron chi connectivity index (χ0n) is 15.5. The average molecular weight is 389 g/mol. The second-order valence-corrected chi connectivity index (χ2v) is 8.44. The van der Waals surface area contributed by atoms with Crippen molar-refractivity contribution in [3.05, 3.63) is 54.1 Å². The quantitative estimate of drug-likeness (QED) is 0.578. The summed E-state index contributed by atoms with van der Waals surface area (Å²) in [7, 11) is 0. The van der Waals surface area contributed by atoms with Crippen molar-refractivity contribution in [1.29, 1.82) is 0 Å². The second kappa shape index (κ2) is 8.97. The first-order valence-electron chi connectivity index (χ1n) is 9.68. The second-order valence-electron chi connectivity index (χ2n) is 7.35. The number of fused-ring (bicyclic) bond motifs is 1. The number of rotatable bonds is 7. The van der Waals surface area contributed by atoms with E-state index >= 15 is 0 Å². The Morgan fingerprint density at radius 2 is 1.67 bits per heavy atom. The summed E-state index contributed by atoms with van der Waals surface area (Å²) in [4.78, 5) is 4.35. The summed E-state index contributed by atoms with van der Waals surface area (Å²) in [5.74, 6) is 2.49. The minimum atomic E-state index is -0.249. The third kappa shape index (κ3) is 5.17. The fourth-order valence-electron chi connectivity index (χ4n) is 3.78. The SMILES string of the molecule is O[C@@H](CSc1ccccc1)C[NH+]1CC[NH+](Cc2ccc3c(c2)OCO3)CC1. The summed E-state index contributed by atoms with van der Waals surface area (Å²) in [6, 6.07) is 16.6. The molecule has 5 nitrogen and oxygen atoms in total. The number of ether oxygens (including phenoxy) is 2. The number of quaternary nitrogens is 2. The molecule has 0 radical (unpaired) electrons. The van der Waals surface area contributed by atoms with E-state index in [2.05, 4.69) is 24.3 Å². The van der Waals surface area contributed by atoms with Crippen molar-refractivity contribution < 1.29 is 24.4 Å². The van der Waals surface area contributed by atoms with Crippen LogP contribution in [0.2, 0.25) is 0 Å². The Hall–Kier alpha value is -1.73. The van der Waals surface area contributed by atoms with Gasteiger partial charge in [-0.15, -0.1) is 11.8 Å². The number of aliphatic hydroxyl groups is 1. The molecule has 0 amide bonds. The van der Waals surface area contributed by atoms with E-state index in [1.54, 1.807) is 16.7 Å². The van der Waals surface area contributed by atoms with Gasteiger partial charge in [-0.25, -0.2) is 0 Å². The summed E-state index contributed by atoms with van der Waals surface area (Å²) in [5.41, 5.74) is 1.30. The van der Waals surface area contributed by atoms with E-state index in [0.29, 0.717) is 6.79 Å². The highest BCUT2D eigenvalue weighted by Crippen LogP contribution is 2.32. The average Bonchev–Trinajstić information content (AvgIpc) is 3.17. The maximum Gasteiger partial charge on any atom is 0.231 e. The number of piperazine rings is 1. The number of nitrogens with one attached hydrogen (secondary N) is 2. The molecule has 0 bridgehead atoms. The molecule has 1 saturated heterocycles. The minimum Gasteiger partial charge on any atom is -0.454 e. The summed E-state index contributed by atoms with van der Waals surface area (Å²) < 4.78 is 10.9. The van der Waals surface area contributed by atoms with Crippen LogP contribution in [0.5, 0.6) is 11.5 Å². The third-order valence-corrected chi connectivity index (χ3v) is 6.42. The number of thioether (sulfide) groups is 1. The lowest BCUT2D eigenvalue weighted by molar-refractivity contribution is -1.02. The molecule has 27 heavy (non-hydrogen) atoms. The van der Waals surface area contributed by atoms with Crippen LogP contribution < -0.4 is 19.3 Å². The van der Waals surface area contributed by atoms with E-state index < -0.39 is 0 Å². The van der Waals surface area contributed by atoms with Gasteiger partial charge in [0.25, 0.3) is 0 Å². The molecule has 2 aliphatic heterocycles. The maximum absolute atomic E-state index is 10.4. The molecule has 0 aliphatic carbocycles. The predicted octanol–water partition coefficient (Wildman–Crippen LogP) is -0.148. The molecule has 0 spiro atoms. The van der Waals surface area contributed by atoms with Crippen LogP contribution >= 0.6 is 11.8 Å². The van der Waals surface area contributed by atoms with Gasteiger partial charge in [0.1, 0.15) is 45.4 Å². The summed E-state index contributed by atoms with van der Waals surface area (Å²) in [6.45, 7) is 6.72. The molecule has 2 aromatic rings. The van der Waals surface area contributed by atoms with Crippen molar-refractivity contribution in [2.45, 2.75) is 17.5 Å². The van der Waals surface area contributed by atoms with E-state index in [0.717, 1.165) is 56.5 Å². The molecule has 2 aliphatic rings. The van der Waals surface area contributed by atoms with E-state index in [4.69, 9.17) is 9.47 Å². The molecule has 3 N–H and O–H groups in total. The van der Waals surface area contributed by atoms with Crippen LogP contribution in [-0.4, -0.2) is 56.5 Å². The van der Waals surface area contributed by atoms with Crippen molar-refractivity contribution >= 4 is 11.8 Å². The van der Waals surface area contributed by atoms with Gasteiger partial charge in [-0.05, 0) is 30.3 Å². The fraction of sp³-hybridized carbons (Fsp3) is 0.429. The van der Waals surface area contributed by atoms with E-state index in [9.17, 15) is 5.11 Å². The van der Waals surface area contributed by atoms with Gasteiger partial charge >= 0.3 is 0 Å². The topological polar surface area (TPSA) is 47.6 Å². The Labute approximate surface area is 164 Å². The number of aliphatic hydroxyl groups excluding tert-OH is 1. The van der Waals surface area contributed by atoms with Crippen molar-refractivity contribution in [2.75, 3.05) is 45.3 Å². The number of hydrogen-bond donors (Lipinski definition) is 3. The lowest BCUT2D eigenvalue weighted by Crippen LogP contribution is -3.28. The third-order valence-electron chi connectivity index (χ3n) is 5.27. The largest absolute Gasteiger partial charge is 0.454 e. The van der Waals surface area contributed by atoms with Crippen LogP contribution in [0.1, 0.15) is 5.56 Å². The van der Waals surface area contributed by atoms with E-state index in [-0.39, 0.29) is 6.10 Å². The summed E-state index contributed by atoms with van der Waals surface area (Å²) in [5, 5.41) is 10.4. The van der Waals surface area contributed by atoms with Crippen LogP contribution in [0.25, 0.3) is 0 Å². The van der Waals surface area contributed by atoms with E-state index in [1.807, 2.05) is 24.3 Å². The van der Waals surface area contributed by atoms with Gasteiger partial charge in [0.2, 0.25) is 6.79 Å². The van der Waals surface area contributed by atoms with Crippen molar-refractivity contribution in [3.8, 4) is 11.5 Å². The zero-order valence-corrected chi connectivity index (χ0v) is 16.3. The first kappa shape index (κ1) is 18.6. The Kier molecular flexibility index (Phi) is 6.19. The van der Waals surface area contributed by atoms with Crippen molar-refractivity contribution in [3.63, 3.8) is 0 Å². The first-order chi connectivity index (χ1) is 13.3. The smallest absolute Gasteiger partial charge is 0.231 e. The summed E-state index contributed by atoms with van der Waals surface area (Å²) in [6.07, 6.45) is -0.249. The van der Waals surface area contributed by atoms with Gasteiger partial charge < -0.3 is 24.4 Å². The molecule has 1 fully saturated rings. The molecule has 4 rings (SSSR count). The van der Waals surface area contributed by atoms with Gasteiger partial charge in [-0.2, -0.15) is 0 Å². The molecule has 0 unspecified atom stereocenters. The Morgan fingerprint density at radius 3 is 2.48 bits per heavy atom. The highest BCUT2D eigenvalue weighted by atomic mass is 32.2. The van der Waals surface area contributed by atoms with Gasteiger partial charge in [0, 0.05) is 16.2 Å². The van der Waals surface area contributed by atoms with Crippen LogP contribution in [0, 0.1) is 0 Å². The van der Waals surface area contributed by atoms with Gasteiger partial charge in [-0.3, -0.25) is 0 Å². The minimum absolute atomic E-state index is 0.249. The van der Waals surface area contributed by atoms with Crippen LogP contribution in [-0.2, 0) is 6.54 Å². The fourth-order valence-corrected chi connectivity index (χ4v) is 4.63. The molecular formula is C21H28N2O3S+2. The number of hydrogen-bond acceptors (Lipinski definition) is 4. The number of benzene rings is 2. The lowest BCUT2D eigenvalue weighted by atomic mass is 10.1. The van der Waals surface area contributed by atoms with Crippen molar-refractivity contribution in [2.24, 2.45) is 0 Å². The van der Waals surface area contributed by atoms with Crippen LogP contribution in [0.15, 0.2) is 53.4 Å². The summed E-state index contributed by atoms with van der Waals surface area (Å²) >= 11 is 1.74. The zero-order chi connectivity index (χ0) is 18.5. The van der Waals surface area contributed by atoms with Gasteiger partial charge in [0.15, 0.2) is 11.5 Å². The Bertz CT molecular complexity index is 735. The monoisotopic (exact) mass is 388 g/mol. The molecule has 0 saturated carbocycles. The molecular weight excluding hydrogens is 360 g/mol.